The van der Waals surface area contributed by atoms with E-state index in [2.05, 4.69) is 6.08 Å². The number of hydrogen-bond donors (Lipinski definition) is 0. The molecule has 2 atom stereocenters. The molecule has 2 aliphatic rings. The lowest BCUT2D eigenvalue weighted by Crippen LogP contribution is -2.36. The van der Waals surface area contributed by atoms with Crippen molar-refractivity contribution in [1.82, 2.24) is 0 Å². The molecule has 0 saturated carbocycles. The number of hydrogen-bond acceptors (Lipinski definition) is 3. The van der Waals surface area contributed by atoms with Gasteiger partial charge in [0.15, 0.2) is 6.29 Å². The predicted octanol–water partition coefficient (Wildman–Crippen LogP) is 3.14. The van der Waals surface area contributed by atoms with Gasteiger partial charge in [0.1, 0.15) is 6.61 Å². The molecule has 0 aliphatic carbocycles. The lowest BCUT2D eigenvalue weighted by atomic mass is 10.1. The molecule has 1 spiro atoms. The third kappa shape index (κ3) is 2.08. The Morgan fingerprint density at radius 2 is 2.06 bits per heavy atom. The zero-order valence-corrected chi connectivity index (χ0v) is 9.89. The fourth-order valence-electron chi connectivity index (χ4n) is 2.31. The molecule has 2 aliphatic heterocycles. The van der Waals surface area contributed by atoms with Crippen LogP contribution in [0.25, 0.3) is 0 Å². The number of rotatable bonds is 1. The van der Waals surface area contributed by atoms with E-state index < -0.39 is 5.79 Å². The molecule has 1 aromatic carbocycles. The quantitative estimate of drug-likeness (QED) is 0.744. The van der Waals surface area contributed by atoms with Crippen LogP contribution in [-0.2, 0) is 14.2 Å². The van der Waals surface area contributed by atoms with Gasteiger partial charge in [0.25, 0.3) is 0 Å². The Hall–Kier alpha value is -1.32. The summed E-state index contributed by atoms with van der Waals surface area (Å²) in [7, 11) is 0. The van der Waals surface area contributed by atoms with Crippen LogP contribution in [0.5, 0.6) is 0 Å². The Kier molecular flexibility index (Phi) is 2.65. The van der Waals surface area contributed by atoms with Crippen molar-refractivity contribution in [3.63, 3.8) is 0 Å². The molecule has 3 nitrogen and oxygen atoms in total. The summed E-state index contributed by atoms with van der Waals surface area (Å²) in [6, 6.07) is 9.97. The van der Waals surface area contributed by atoms with E-state index >= 15 is 0 Å². The van der Waals surface area contributed by atoms with E-state index in [-0.39, 0.29) is 6.29 Å². The van der Waals surface area contributed by atoms with Crippen LogP contribution >= 0.6 is 0 Å². The SMILES string of the molecule is CC1=CCCC2(COC(c3ccccc3)O2)O1. The molecule has 2 unspecified atom stereocenters. The van der Waals surface area contributed by atoms with Gasteiger partial charge in [0, 0.05) is 12.0 Å². The van der Waals surface area contributed by atoms with Crippen molar-refractivity contribution < 1.29 is 14.2 Å². The van der Waals surface area contributed by atoms with Gasteiger partial charge in [-0.2, -0.15) is 0 Å². The maximum absolute atomic E-state index is 5.96. The van der Waals surface area contributed by atoms with Crippen LogP contribution in [0.2, 0.25) is 0 Å². The van der Waals surface area contributed by atoms with Crippen molar-refractivity contribution in [1.29, 1.82) is 0 Å². The largest absolute Gasteiger partial charge is 0.465 e. The maximum atomic E-state index is 5.96. The second-order valence-electron chi connectivity index (χ2n) is 4.54. The van der Waals surface area contributed by atoms with Crippen molar-refractivity contribution in [3.05, 3.63) is 47.7 Å². The smallest absolute Gasteiger partial charge is 0.236 e. The lowest BCUT2D eigenvalue weighted by Gasteiger charge is -2.31. The number of benzene rings is 1. The fraction of sp³-hybridized carbons (Fsp3) is 0.429. The van der Waals surface area contributed by atoms with E-state index in [0.717, 1.165) is 24.2 Å². The summed E-state index contributed by atoms with van der Waals surface area (Å²) in [5.74, 6) is 0.354. The van der Waals surface area contributed by atoms with Gasteiger partial charge in [-0.15, -0.1) is 0 Å². The monoisotopic (exact) mass is 232 g/mol. The molecule has 0 bridgehead atoms. The lowest BCUT2D eigenvalue weighted by molar-refractivity contribution is -0.213. The van der Waals surface area contributed by atoms with Crippen molar-refractivity contribution in [2.24, 2.45) is 0 Å². The average Bonchev–Trinajstić information content (AvgIpc) is 2.74. The third-order valence-electron chi connectivity index (χ3n) is 3.15. The molecule has 3 heteroatoms. The minimum atomic E-state index is -0.570. The molecule has 2 heterocycles. The Morgan fingerprint density at radius 3 is 2.82 bits per heavy atom. The van der Waals surface area contributed by atoms with Crippen molar-refractivity contribution in [3.8, 4) is 0 Å². The van der Waals surface area contributed by atoms with Crippen LogP contribution in [0.1, 0.15) is 31.6 Å². The molecule has 0 aromatic heterocycles. The Labute approximate surface area is 101 Å². The first kappa shape index (κ1) is 10.8. The van der Waals surface area contributed by atoms with Crippen LogP contribution in [0.15, 0.2) is 42.2 Å². The highest BCUT2D eigenvalue weighted by atomic mass is 16.8. The molecular formula is C14H16O3. The molecule has 1 fully saturated rings. The molecule has 3 rings (SSSR count). The highest BCUT2D eigenvalue weighted by Gasteiger charge is 2.44. The van der Waals surface area contributed by atoms with Gasteiger partial charge in [-0.1, -0.05) is 30.3 Å². The zero-order valence-electron chi connectivity index (χ0n) is 9.89. The van der Waals surface area contributed by atoms with Crippen LogP contribution in [-0.4, -0.2) is 12.4 Å². The van der Waals surface area contributed by atoms with Crippen molar-refractivity contribution in [2.45, 2.75) is 31.8 Å². The molecule has 0 amide bonds. The van der Waals surface area contributed by atoms with Crippen LogP contribution < -0.4 is 0 Å². The van der Waals surface area contributed by atoms with Gasteiger partial charge in [0.2, 0.25) is 5.79 Å². The molecule has 1 saturated heterocycles. The Bertz CT molecular complexity index is 426. The van der Waals surface area contributed by atoms with Gasteiger partial charge < -0.3 is 14.2 Å². The van der Waals surface area contributed by atoms with Crippen LogP contribution in [0, 0.1) is 0 Å². The fourth-order valence-corrected chi connectivity index (χ4v) is 2.31. The molecule has 0 radical (unpaired) electrons. The van der Waals surface area contributed by atoms with E-state index in [1.807, 2.05) is 37.3 Å². The molecule has 90 valence electrons. The summed E-state index contributed by atoms with van der Waals surface area (Å²) in [5.41, 5.74) is 1.04. The van der Waals surface area contributed by atoms with Gasteiger partial charge in [-0.25, -0.2) is 0 Å². The first-order valence-corrected chi connectivity index (χ1v) is 5.98. The Balaban J connectivity index is 1.76. The molecular weight excluding hydrogens is 216 g/mol. The summed E-state index contributed by atoms with van der Waals surface area (Å²) < 4.78 is 17.5. The first-order chi connectivity index (χ1) is 8.27. The van der Waals surface area contributed by atoms with E-state index in [0.29, 0.717) is 6.61 Å². The second kappa shape index (κ2) is 4.17. The van der Waals surface area contributed by atoms with E-state index in [1.165, 1.54) is 0 Å². The minimum absolute atomic E-state index is 0.304. The van der Waals surface area contributed by atoms with Gasteiger partial charge in [0.05, 0.1) is 5.76 Å². The number of allylic oxidation sites excluding steroid dienone is 2. The molecule has 0 N–H and O–H groups in total. The highest BCUT2D eigenvalue weighted by Crippen LogP contribution is 2.40. The summed E-state index contributed by atoms with van der Waals surface area (Å²) >= 11 is 0. The zero-order chi connectivity index (χ0) is 11.7. The van der Waals surface area contributed by atoms with Crippen molar-refractivity contribution in [2.75, 3.05) is 6.61 Å². The summed E-state index contributed by atoms with van der Waals surface area (Å²) in [4.78, 5) is 0. The van der Waals surface area contributed by atoms with E-state index in [1.54, 1.807) is 0 Å². The Morgan fingerprint density at radius 1 is 1.24 bits per heavy atom. The average molecular weight is 232 g/mol. The summed E-state index contributed by atoms with van der Waals surface area (Å²) in [5, 5.41) is 0. The summed E-state index contributed by atoms with van der Waals surface area (Å²) in [6.07, 6.45) is 3.62. The highest BCUT2D eigenvalue weighted by molar-refractivity contribution is 5.17. The molecule has 1 aromatic rings. The van der Waals surface area contributed by atoms with E-state index in [9.17, 15) is 0 Å². The van der Waals surface area contributed by atoms with Crippen LogP contribution in [0.4, 0.5) is 0 Å². The predicted molar refractivity (Wildman–Crippen MR) is 63.0 cm³/mol. The van der Waals surface area contributed by atoms with Crippen molar-refractivity contribution >= 4 is 0 Å². The van der Waals surface area contributed by atoms with Gasteiger partial charge >= 0.3 is 0 Å². The van der Waals surface area contributed by atoms with Crippen LogP contribution in [0.3, 0.4) is 0 Å². The maximum Gasteiger partial charge on any atom is 0.236 e. The van der Waals surface area contributed by atoms with Gasteiger partial charge in [-0.05, 0) is 19.4 Å². The first-order valence-electron chi connectivity index (χ1n) is 5.98. The second-order valence-corrected chi connectivity index (χ2v) is 4.54. The standard InChI is InChI=1S/C14H16O3/c1-11-6-5-9-14(16-11)10-15-13(17-14)12-7-3-2-4-8-12/h2-4,6-8,13H,5,9-10H2,1H3. The molecule has 17 heavy (non-hydrogen) atoms. The summed E-state index contributed by atoms with van der Waals surface area (Å²) in [6.45, 7) is 2.46. The third-order valence-corrected chi connectivity index (χ3v) is 3.15. The number of ether oxygens (including phenoxy) is 3. The van der Waals surface area contributed by atoms with E-state index in [4.69, 9.17) is 14.2 Å². The van der Waals surface area contributed by atoms with Gasteiger partial charge in [-0.3, -0.25) is 0 Å². The topological polar surface area (TPSA) is 27.7 Å². The minimum Gasteiger partial charge on any atom is -0.465 e. The normalized spacial score (nSPS) is 32.3.